The van der Waals surface area contributed by atoms with E-state index in [9.17, 15) is 19.7 Å². The van der Waals surface area contributed by atoms with E-state index in [1.54, 1.807) is 18.2 Å². The topological polar surface area (TPSA) is 155 Å². The molecular weight excluding hydrogens is 383 g/mol. The summed E-state index contributed by atoms with van der Waals surface area (Å²) in [5, 5.41) is 31.8. The number of amides is 1. The van der Waals surface area contributed by atoms with Crippen molar-refractivity contribution in [2.75, 3.05) is 0 Å². The van der Waals surface area contributed by atoms with Gasteiger partial charge in [0.05, 0.1) is 12.0 Å². The molecule has 2 atom stereocenters. The van der Waals surface area contributed by atoms with Crippen LogP contribution in [-0.4, -0.2) is 29.1 Å². The Balaban J connectivity index is 1.70. The van der Waals surface area contributed by atoms with Gasteiger partial charge in [-0.2, -0.15) is 5.26 Å². The monoisotopic (exact) mass is 402 g/mol. The Morgan fingerprint density at radius 1 is 1.48 bits per heavy atom. The smallest absolute Gasteiger partial charge is 0.534 e. The van der Waals surface area contributed by atoms with Gasteiger partial charge in [-0.1, -0.05) is 18.2 Å². The van der Waals surface area contributed by atoms with E-state index >= 15 is 0 Å². The second kappa shape index (κ2) is 8.96. The number of para-hydroxylation sites is 1. The van der Waals surface area contributed by atoms with Crippen LogP contribution in [-0.2, 0) is 22.6 Å². The number of carbonyl (C=O) groups is 1. The molecule has 0 spiro atoms. The first kappa shape index (κ1) is 20.7. The van der Waals surface area contributed by atoms with Crippen LogP contribution in [0.2, 0.25) is 0 Å². The molecular formula is C18H19BN2O8. The lowest BCUT2D eigenvalue weighted by atomic mass is 9.72. The molecule has 0 bridgehead atoms. The fourth-order valence-electron chi connectivity index (χ4n) is 2.97. The number of aliphatic hydroxyl groups excluding tert-OH is 1. The minimum absolute atomic E-state index is 0.0305. The largest absolute Gasteiger partial charge is 0.547 e. The molecule has 0 radical (unpaired) electrons. The number of hydrogen-bond acceptors (Lipinski definition) is 9. The minimum atomic E-state index is -1.42. The summed E-state index contributed by atoms with van der Waals surface area (Å²) in [5.74, 6) is -1.26. The molecule has 0 aliphatic carbocycles. The van der Waals surface area contributed by atoms with E-state index in [1.807, 2.05) is 6.07 Å². The molecule has 2 heterocycles. The predicted molar refractivity (Wildman–Crippen MR) is 97.3 cm³/mol. The van der Waals surface area contributed by atoms with Crippen molar-refractivity contribution in [3.63, 3.8) is 0 Å². The van der Waals surface area contributed by atoms with Crippen LogP contribution in [0.3, 0.4) is 0 Å². The molecule has 1 aromatic carbocycles. The molecule has 1 unspecified atom stereocenters. The second-order valence-corrected chi connectivity index (χ2v) is 6.48. The first-order valence-electron chi connectivity index (χ1n) is 8.91. The van der Waals surface area contributed by atoms with Crippen LogP contribution in [0.5, 0.6) is 5.75 Å². The van der Waals surface area contributed by atoms with Crippen molar-refractivity contribution in [1.82, 2.24) is 5.32 Å². The molecule has 10 nitrogen and oxygen atoms in total. The Bertz CT molecular complexity index is 979. The summed E-state index contributed by atoms with van der Waals surface area (Å²) < 4.78 is 20.4. The van der Waals surface area contributed by atoms with Crippen molar-refractivity contribution in [3.8, 4) is 11.8 Å². The first-order valence-corrected chi connectivity index (χ1v) is 8.91. The van der Waals surface area contributed by atoms with Crippen molar-refractivity contribution in [2.45, 2.75) is 45.0 Å². The van der Waals surface area contributed by atoms with Crippen LogP contribution in [0.1, 0.15) is 41.8 Å². The third-order valence-corrected chi connectivity index (χ3v) is 4.43. The summed E-state index contributed by atoms with van der Waals surface area (Å²) in [6.45, 7) is 1.33. The van der Waals surface area contributed by atoms with Gasteiger partial charge >= 0.3 is 12.9 Å². The molecule has 29 heavy (non-hydrogen) atoms. The Morgan fingerprint density at radius 2 is 2.28 bits per heavy atom. The van der Waals surface area contributed by atoms with Gasteiger partial charge in [0.1, 0.15) is 18.1 Å². The van der Waals surface area contributed by atoms with Crippen LogP contribution < -0.4 is 15.8 Å². The number of fused-ring (bicyclic) bond motifs is 1. The molecule has 2 aromatic rings. The van der Waals surface area contributed by atoms with Crippen LogP contribution in [0.4, 0.5) is 0 Å². The van der Waals surface area contributed by atoms with E-state index in [0.717, 1.165) is 0 Å². The van der Waals surface area contributed by atoms with E-state index in [1.165, 1.54) is 6.92 Å². The van der Waals surface area contributed by atoms with Gasteiger partial charge in [0.25, 0.3) is 0 Å². The number of nitrogens with one attached hydrogen (secondary N) is 1. The van der Waals surface area contributed by atoms with E-state index < -0.39 is 25.2 Å². The number of carbonyl (C=O) groups excluding carboxylic acids is 1. The maximum Gasteiger partial charge on any atom is 0.547 e. The molecule has 1 amide bonds. The van der Waals surface area contributed by atoms with Crippen molar-refractivity contribution in [2.24, 2.45) is 0 Å². The molecule has 152 valence electrons. The SMILES string of the molecule is Cc1oc(=O)oc1COC(O)c1cccc2c1OB(O)[C@@H](NC(=O)CCC#N)C2. The highest BCUT2D eigenvalue weighted by Crippen LogP contribution is 2.34. The van der Waals surface area contributed by atoms with Crippen molar-refractivity contribution in [3.05, 3.63) is 51.5 Å². The lowest BCUT2D eigenvalue weighted by molar-refractivity contribution is -0.121. The molecule has 0 fully saturated rings. The highest BCUT2D eigenvalue weighted by molar-refractivity contribution is 6.46. The number of aryl methyl sites for hydroxylation is 1. The standard InChI is InChI=1S/C18H19BN2O8/c1-10-13(28-18(24)27-10)9-26-17(23)12-5-2-4-11-8-14(19(25)29-16(11)12)21-15(22)6-3-7-20/h2,4-5,14,17,23,25H,3,6,8-9H2,1H3,(H,21,22)/t14-,17?/m0/s1. The molecule has 1 aliphatic heterocycles. The van der Waals surface area contributed by atoms with Gasteiger partial charge in [0.15, 0.2) is 12.1 Å². The maximum absolute atomic E-state index is 11.8. The average Bonchev–Trinajstić information content (AvgIpc) is 3.01. The quantitative estimate of drug-likeness (QED) is 0.443. The van der Waals surface area contributed by atoms with Crippen LogP contribution >= 0.6 is 0 Å². The molecule has 3 N–H and O–H groups in total. The highest BCUT2D eigenvalue weighted by atomic mass is 16.6. The molecule has 1 aliphatic rings. The second-order valence-electron chi connectivity index (χ2n) is 6.48. The number of ether oxygens (including phenoxy) is 1. The predicted octanol–water partition coefficient (Wildman–Crippen LogP) is 0.492. The highest BCUT2D eigenvalue weighted by Gasteiger charge is 2.37. The Kier molecular flexibility index (Phi) is 6.38. The zero-order valence-electron chi connectivity index (χ0n) is 15.6. The number of hydrogen-bond donors (Lipinski definition) is 3. The fraction of sp³-hybridized carbons (Fsp3) is 0.389. The minimum Gasteiger partial charge on any atom is -0.534 e. The lowest BCUT2D eigenvalue weighted by Crippen LogP contribution is -2.53. The van der Waals surface area contributed by atoms with E-state index in [0.29, 0.717) is 5.56 Å². The third-order valence-electron chi connectivity index (χ3n) is 4.43. The summed E-state index contributed by atoms with van der Waals surface area (Å²) in [6, 6.07) is 6.88. The summed E-state index contributed by atoms with van der Waals surface area (Å²) in [6.07, 6.45) is -1.04. The molecule has 0 saturated carbocycles. The Labute approximate surface area is 165 Å². The summed E-state index contributed by atoms with van der Waals surface area (Å²) >= 11 is 0. The maximum atomic E-state index is 11.8. The van der Waals surface area contributed by atoms with Gasteiger partial charge < -0.3 is 33.7 Å². The normalized spacial score (nSPS) is 16.5. The van der Waals surface area contributed by atoms with Gasteiger partial charge in [-0.25, -0.2) is 4.79 Å². The van der Waals surface area contributed by atoms with E-state index in [-0.39, 0.29) is 54.6 Å². The third kappa shape index (κ3) is 4.86. The van der Waals surface area contributed by atoms with Gasteiger partial charge in [-0.15, -0.1) is 0 Å². The lowest BCUT2D eigenvalue weighted by Gasteiger charge is -2.30. The van der Waals surface area contributed by atoms with Crippen LogP contribution in [0.25, 0.3) is 0 Å². The number of nitrogens with zero attached hydrogens (tertiary/aromatic N) is 1. The van der Waals surface area contributed by atoms with E-state index in [2.05, 4.69) is 5.32 Å². The Morgan fingerprint density at radius 3 is 2.97 bits per heavy atom. The number of benzene rings is 1. The fourth-order valence-corrected chi connectivity index (χ4v) is 2.97. The van der Waals surface area contributed by atoms with Gasteiger partial charge in [-0.05, 0) is 18.9 Å². The zero-order chi connectivity index (χ0) is 21.0. The van der Waals surface area contributed by atoms with Crippen molar-refractivity contribution >= 4 is 13.0 Å². The molecule has 1 aromatic heterocycles. The molecule has 3 rings (SSSR count). The number of rotatable bonds is 7. The van der Waals surface area contributed by atoms with Crippen LogP contribution in [0, 0.1) is 18.3 Å². The first-order chi connectivity index (χ1) is 13.9. The summed E-state index contributed by atoms with van der Waals surface area (Å²) in [5.41, 5.74) is 0.936. The summed E-state index contributed by atoms with van der Waals surface area (Å²) in [4.78, 5) is 22.9. The molecule has 0 saturated heterocycles. The number of nitriles is 1. The Hall–Kier alpha value is -3.07. The van der Waals surface area contributed by atoms with Gasteiger partial charge in [-0.3, -0.25) is 4.79 Å². The number of aliphatic hydroxyl groups is 1. The average molecular weight is 402 g/mol. The van der Waals surface area contributed by atoms with Gasteiger partial charge in [0, 0.05) is 18.4 Å². The summed E-state index contributed by atoms with van der Waals surface area (Å²) in [7, 11) is -1.34. The van der Waals surface area contributed by atoms with Crippen molar-refractivity contribution < 1.29 is 33.2 Å². The molecule has 11 heteroatoms. The van der Waals surface area contributed by atoms with Crippen molar-refractivity contribution in [1.29, 1.82) is 5.26 Å². The van der Waals surface area contributed by atoms with Crippen LogP contribution in [0.15, 0.2) is 31.8 Å². The van der Waals surface area contributed by atoms with E-state index in [4.69, 9.17) is 23.5 Å². The zero-order valence-corrected chi connectivity index (χ0v) is 15.6. The van der Waals surface area contributed by atoms with Gasteiger partial charge in [0.2, 0.25) is 5.91 Å².